The number of anilines is 1. The molecule has 3 N–H and O–H groups in total. The molecule has 2 heterocycles. The Kier molecular flexibility index (Phi) is 4.62. The molecule has 6 nitrogen and oxygen atoms in total. The molecule has 102 valence electrons. The van der Waals surface area contributed by atoms with Crippen LogP contribution in [-0.2, 0) is 13.0 Å². The van der Waals surface area contributed by atoms with E-state index in [9.17, 15) is 4.79 Å². The summed E-state index contributed by atoms with van der Waals surface area (Å²) >= 11 is 1.51. The molecule has 0 saturated carbocycles. The molecule has 0 aromatic carbocycles. The Morgan fingerprint density at radius 1 is 1.53 bits per heavy atom. The van der Waals surface area contributed by atoms with E-state index in [1.165, 1.54) is 11.8 Å². The summed E-state index contributed by atoms with van der Waals surface area (Å²) in [4.78, 5) is 18.6. The maximum Gasteiger partial charge on any atom is 0.251 e. The highest BCUT2D eigenvalue weighted by Gasteiger charge is 2.02. The van der Waals surface area contributed by atoms with Crippen LogP contribution in [0.25, 0.3) is 0 Å². The zero-order valence-corrected chi connectivity index (χ0v) is 11.6. The van der Waals surface area contributed by atoms with Crippen molar-refractivity contribution >= 4 is 17.6 Å². The van der Waals surface area contributed by atoms with Crippen molar-refractivity contribution in [2.45, 2.75) is 31.5 Å². The van der Waals surface area contributed by atoms with Gasteiger partial charge in [-0.1, -0.05) is 25.1 Å². The lowest BCUT2D eigenvalue weighted by Crippen LogP contribution is -2.10. The van der Waals surface area contributed by atoms with E-state index in [4.69, 9.17) is 5.73 Å². The smallest absolute Gasteiger partial charge is 0.251 e. The second-order valence-corrected chi connectivity index (χ2v) is 5.23. The quantitative estimate of drug-likeness (QED) is 0.614. The first kappa shape index (κ1) is 13.7. The first-order valence-electron chi connectivity index (χ1n) is 6.19. The van der Waals surface area contributed by atoms with Crippen molar-refractivity contribution in [3.05, 3.63) is 34.4 Å². The van der Waals surface area contributed by atoms with Crippen LogP contribution in [0.1, 0.15) is 19.0 Å². The highest BCUT2D eigenvalue weighted by molar-refractivity contribution is 7.99. The lowest BCUT2D eigenvalue weighted by Gasteiger charge is -2.03. The highest BCUT2D eigenvalue weighted by Crippen LogP contribution is 2.12. The Balaban J connectivity index is 1.93. The summed E-state index contributed by atoms with van der Waals surface area (Å²) in [5, 5.41) is 4.76. The summed E-state index contributed by atoms with van der Waals surface area (Å²) in [5.41, 5.74) is 6.29. The zero-order chi connectivity index (χ0) is 13.7. The minimum absolute atomic E-state index is 0.0933. The van der Waals surface area contributed by atoms with Gasteiger partial charge in [-0.25, -0.2) is 4.98 Å². The molecule has 0 saturated heterocycles. The average Bonchev–Trinajstić information content (AvgIpc) is 2.75. The summed E-state index contributed by atoms with van der Waals surface area (Å²) in [5.74, 6) is 1.29. The summed E-state index contributed by atoms with van der Waals surface area (Å²) in [7, 11) is 0. The molecule has 0 fully saturated rings. The normalized spacial score (nSPS) is 10.8. The van der Waals surface area contributed by atoms with E-state index in [-0.39, 0.29) is 5.56 Å². The predicted molar refractivity (Wildman–Crippen MR) is 76.2 cm³/mol. The SMILES string of the molecule is CCCc1cc(=O)[nH]c(SCCn2ccc(N)n2)n1. The molecule has 19 heavy (non-hydrogen) atoms. The largest absolute Gasteiger partial charge is 0.382 e. The number of aromatic amines is 1. The first-order valence-corrected chi connectivity index (χ1v) is 7.18. The van der Waals surface area contributed by atoms with E-state index >= 15 is 0 Å². The van der Waals surface area contributed by atoms with Gasteiger partial charge in [0.2, 0.25) is 0 Å². The van der Waals surface area contributed by atoms with Crippen LogP contribution in [0.2, 0.25) is 0 Å². The van der Waals surface area contributed by atoms with Crippen molar-refractivity contribution in [1.82, 2.24) is 19.7 Å². The molecule has 0 atom stereocenters. The van der Waals surface area contributed by atoms with Crippen molar-refractivity contribution in [1.29, 1.82) is 0 Å². The van der Waals surface area contributed by atoms with E-state index in [1.807, 2.05) is 6.20 Å². The molecule has 0 aliphatic carbocycles. The number of hydrogen-bond acceptors (Lipinski definition) is 5. The Hall–Kier alpha value is -1.76. The molecule has 0 bridgehead atoms. The Labute approximate surface area is 115 Å². The van der Waals surface area contributed by atoms with Gasteiger partial charge in [-0.2, -0.15) is 5.10 Å². The highest BCUT2D eigenvalue weighted by atomic mass is 32.2. The van der Waals surface area contributed by atoms with Crippen LogP contribution >= 0.6 is 11.8 Å². The van der Waals surface area contributed by atoms with Crippen molar-refractivity contribution < 1.29 is 0 Å². The van der Waals surface area contributed by atoms with Gasteiger partial charge in [0, 0.05) is 23.7 Å². The lowest BCUT2D eigenvalue weighted by atomic mass is 10.2. The summed E-state index contributed by atoms with van der Waals surface area (Å²) in [6, 6.07) is 3.31. The van der Waals surface area contributed by atoms with Crippen LogP contribution in [0.15, 0.2) is 28.3 Å². The number of nitrogens with zero attached hydrogens (tertiary/aromatic N) is 3. The molecule has 2 rings (SSSR count). The van der Waals surface area contributed by atoms with Gasteiger partial charge in [-0.3, -0.25) is 9.48 Å². The van der Waals surface area contributed by atoms with E-state index in [2.05, 4.69) is 22.0 Å². The monoisotopic (exact) mass is 279 g/mol. The molecule has 0 unspecified atom stereocenters. The fraction of sp³-hybridized carbons (Fsp3) is 0.417. The number of rotatable bonds is 6. The Morgan fingerprint density at radius 3 is 3.05 bits per heavy atom. The molecule has 0 aliphatic rings. The molecular weight excluding hydrogens is 262 g/mol. The number of aryl methyl sites for hydroxylation is 2. The van der Waals surface area contributed by atoms with Crippen LogP contribution in [0.3, 0.4) is 0 Å². The van der Waals surface area contributed by atoms with Gasteiger partial charge < -0.3 is 10.7 Å². The topological polar surface area (TPSA) is 89.6 Å². The molecule has 0 spiro atoms. The number of nitrogens with two attached hydrogens (primary N) is 1. The molecule has 2 aromatic heterocycles. The van der Waals surface area contributed by atoms with Gasteiger partial charge in [0.1, 0.15) is 5.82 Å². The molecular formula is C12H17N5OS. The van der Waals surface area contributed by atoms with Crippen molar-refractivity contribution in [3.63, 3.8) is 0 Å². The van der Waals surface area contributed by atoms with E-state index < -0.39 is 0 Å². The van der Waals surface area contributed by atoms with Crippen LogP contribution in [0, 0.1) is 0 Å². The molecule has 0 radical (unpaired) electrons. The van der Waals surface area contributed by atoms with Gasteiger partial charge in [0.15, 0.2) is 5.16 Å². The summed E-state index contributed by atoms with van der Waals surface area (Å²) < 4.78 is 1.77. The van der Waals surface area contributed by atoms with Gasteiger partial charge in [0.25, 0.3) is 5.56 Å². The zero-order valence-electron chi connectivity index (χ0n) is 10.8. The predicted octanol–water partition coefficient (Wildman–Crippen LogP) is 1.29. The third-order valence-corrected chi connectivity index (χ3v) is 3.35. The third kappa shape index (κ3) is 4.13. The van der Waals surface area contributed by atoms with Crippen molar-refractivity contribution in [2.75, 3.05) is 11.5 Å². The van der Waals surface area contributed by atoms with Crippen LogP contribution in [-0.4, -0.2) is 25.5 Å². The van der Waals surface area contributed by atoms with Crippen LogP contribution < -0.4 is 11.3 Å². The first-order chi connectivity index (χ1) is 9.17. The van der Waals surface area contributed by atoms with E-state index in [0.29, 0.717) is 11.0 Å². The number of H-pyrrole nitrogens is 1. The molecule has 7 heteroatoms. The standard InChI is InChI=1S/C12H17N5OS/c1-2-3-9-8-11(18)15-12(14-9)19-7-6-17-5-4-10(13)16-17/h4-5,8H,2-3,6-7H2,1H3,(H2,13,16)(H,14,15,18). The van der Waals surface area contributed by atoms with Gasteiger partial charge >= 0.3 is 0 Å². The van der Waals surface area contributed by atoms with Gasteiger partial charge in [-0.15, -0.1) is 0 Å². The minimum Gasteiger partial charge on any atom is -0.382 e. The molecule has 2 aromatic rings. The number of nitrogen functional groups attached to an aromatic ring is 1. The van der Waals surface area contributed by atoms with Crippen LogP contribution in [0.4, 0.5) is 5.82 Å². The van der Waals surface area contributed by atoms with Crippen molar-refractivity contribution in [2.24, 2.45) is 0 Å². The number of aromatic nitrogens is 4. The lowest BCUT2D eigenvalue weighted by molar-refractivity contribution is 0.668. The Bertz CT molecular complexity index is 592. The van der Waals surface area contributed by atoms with E-state index in [1.54, 1.807) is 16.8 Å². The fourth-order valence-electron chi connectivity index (χ4n) is 1.67. The van der Waals surface area contributed by atoms with E-state index in [0.717, 1.165) is 30.8 Å². The summed E-state index contributed by atoms with van der Waals surface area (Å²) in [6.45, 7) is 2.79. The van der Waals surface area contributed by atoms with Crippen LogP contribution in [0.5, 0.6) is 0 Å². The minimum atomic E-state index is -0.0933. The maximum absolute atomic E-state index is 11.5. The average molecular weight is 279 g/mol. The number of thioether (sulfide) groups is 1. The number of hydrogen-bond donors (Lipinski definition) is 2. The second kappa shape index (κ2) is 6.42. The fourth-order valence-corrected chi connectivity index (χ4v) is 2.50. The molecule has 0 amide bonds. The molecule has 0 aliphatic heterocycles. The third-order valence-electron chi connectivity index (χ3n) is 2.50. The van der Waals surface area contributed by atoms with Gasteiger partial charge in [0.05, 0.1) is 6.54 Å². The maximum atomic E-state index is 11.5. The van der Waals surface area contributed by atoms with Gasteiger partial charge in [-0.05, 0) is 12.5 Å². The Morgan fingerprint density at radius 2 is 2.37 bits per heavy atom. The number of nitrogens with one attached hydrogen (secondary N) is 1. The van der Waals surface area contributed by atoms with Crippen molar-refractivity contribution in [3.8, 4) is 0 Å². The summed E-state index contributed by atoms with van der Waals surface area (Å²) in [6.07, 6.45) is 3.64. The second-order valence-electron chi connectivity index (χ2n) is 4.14.